The number of hydrogen-bond acceptors (Lipinski definition) is 5. The number of amides is 1. The van der Waals surface area contributed by atoms with Crippen LogP contribution in [0.25, 0.3) is 0 Å². The van der Waals surface area contributed by atoms with Gasteiger partial charge in [-0.15, -0.1) is 0 Å². The quantitative estimate of drug-likeness (QED) is 0.601. The minimum absolute atomic E-state index is 0.177. The fourth-order valence-electron chi connectivity index (χ4n) is 3.66. The van der Waals surface area contributed by atoms with Gasteiger partial charge in [0.15, 0.2) is 5.69 Å². The van der Waals surface area contributed by atoms with Crippen molar-refractivity contribution in [3.8, 4) is 11.5 Å². The lowest BCUT2D eigenvalue weighted by Gasteiger charge is -2.16. The van der Waals surface area contributed by atoms with Gasteiger partial charge in [0.25, 0.3) is 5.91 Å². The van der Waals surface area contributed by atoms with Crippen molar-refractivity contribution in [2.75, 3.05) is 20.3 Å². The highest BCUT2D eigenvalue weighted by Gasteiger charge is 2.24. The molecule has 7 nitrogen and oxygen atoms in total. The summed E-state index contributed by atoms with van der Waals surface area (Å²) in [5.74, 6) is 1.41. The molecule has 30 heavy (non-hydrogen) atoms. The number of nitrogens with one attached hydrogen (secondary N) is 2. The second-order valence-electron chi connectivity index (χ2n) is 7.08. The Morgan fingerprint density at radius 1 is 1.17 bits per heavy atom. The summed E-state index contributed by atoms with van der Waals surface area (Å²) in [6.45, 7) is 2.99. The summed E-state index contributed by atoms with van der Waals surface area (Å²) in [6.07, 6.45) is 0.841. The number of hydrogen-bond donors (Lipinski definition) is 2. The van der Waals surface area contributed by atoms with Crippen LogP contribution in [0.4, 0.5) is 0 Å². The van der Waals surface area contributed by atoms with Gasteiger partial charge >= 0.3 is 0 Å². The zero-order valence-electron chi connectivity index (χ0n) is 17.1. The summed E-state index contributed by atoms with van der Waals surface area (Å²) in [5, 5.41) is 11.0. The van der Waals surface area contributed by atoms with E-state index in [0.29, 0.717) is 31.9 Å². The predicted molar refractivity (Wildman–Crippen MR) is 114 cm³/mol. The molecular formula is C23H26N4O3. The molecule has 2 N–H and O–H groups in total. The Balaban J connectivity index is 1.45. The highest BCUT2D eigenvalue weighted by Crippen LogP contribution is 2.20. The van der Waals surface area contributed by atoms with Gasteiger partial charge in [-0.2, -0.15) is 5.10 Å². The number of rotatable bonds is 8. The predicted octanol–water partition coefficient (Wildman–Crippen LogP) is 2.55. The SMILES string of the molecule is COc1ccccc1CNC(=O)c1nn(CCOc2ccccc2)c2c1CNCC2. The molecule has 156 valence electrons. The number of methoxy groups -OCH3 is 1. The number of nitrogens with zero attached hydrogens (tertiary/aromatic N) is 2. The number of para-hydroxylation sites is 2. The molecule has 1 aliphatic heterocycles. The fraction of sp³-hybridized carbons (Fsp3) is 0.304. The van der Waals surface area contributed by atoms with Crippen LogP contribution in [0.2, 0.25) is 0 Å². The molecule has 3 aromatic rings. The number of carbonyl (C=O) groups excluding carboxylic acids is 1. The van der Waals surface area contributed by atoms with Crippen molar-refractivity contribution in [3.05, 3.63) is 77.1 Å². The third-order valence-corrected chi connectivity index (χ3v) is 5.17. The Kier molecular flexibility index (Phi) is 6.29. The van der Waals surface area contributed by atoms with E-state index in [1.54, 1.807) is 7.11 Å². The Morgan fingerprint density at radius 2 is 1.97 bits per heavy atom. The van der Waals surface area contributed by atoms with E-state index < -0.39 is 0 Å². The van der Waals surface area contributed by atoms with Gasteiger partial charge in [0.2, 0.25) is 0 Å². The highest BCUT2D eigenvalue weighted by molar-refractivity contribution is 5.94. The van der Waals surface area contributed by atoms with E-state index in [1.165, 1.54) is 0 Å². The van der Waals surface area contributed by atoms with Gasteiger partial charge in [0.1, 0.15) is 18.1 Å². The lowest BCUT2D eigenvalue weighted by atomic mass is 10.1. The lowest BCUT2D eigenvalue weighted by molar-refractivity contribution is 0.0943. The monoisotopic (exact) mass is 406 g/mol. The van der Waals surface area contributed by atoms with Crippen LogP contribution in [0.15, 0.2) is 54.6 Å². The maximum Gasteiger partial charge on any atom is 0.272 e. The topological polar surface area (TPSA) is 77.4 Å². The first-order chi connectivity index (χ1) is 14.8. The van der Waals surface area contributed by atoms with Crippen molar-refractivity contribution < 1.29 is 14.3 Å². The van der Waals surface area contributed by atoms with Gasteiger partial charge in [-0.05, 0) is 18.2 Å². The highest BCUT2D eigenvalue weighted by atomic mass is 16.5. The molecule has 2 aromatic carbocycles. The molecule has 0 radical (unpaired) electrons. The molecule has 4 rings (SSSR count). The molecular weight excluding hydrogens is 380 g/mol. The molecule has 0 fully saturated rings. The summed E-state index contributed by atoms with van der Waals surface area (Å²) in [4.78, 5) is 12.9. The van der Waals surface area contributed by atoms with E-state index >= 15 is 0 Å². The molecule has 0 aliphatic carbocycles. The van der Waals surface area contributed by atoms with Gasteiger partial charge in [-0.1, -0.05) is 36.4 Å². The zero-order chi connectivity index (χ0) is 20.8. The zero-order valence-corrected chi connectivity index (χ0v) is 17.1. The largest absolute Gasteiger partial charge is 0.496 e. The van der Waals surface area contributed by atoms with Crippen molar-refractivity contribution in [3.63, 3.8) is 0 Å². The first kappa shape index (κ1) is 20.0. The van der Waals surface area contributed by atoms with Gasteiger partial charge in [-0.25, -0.2) is 0 Å². The number of benzene rings is 2. The van der Waals surface area contributed by atoms with E-state index in [9.17, 15) is 4.79 Å². The second kappa shape index (κ2) is 9.45. The molecule has 0 unspecified atom stereocenters. The van der Waals surface area contributed by atoms with E-state index in [1.807, 2.05) is 59.3 Å². The number of aromatic nitrogens is 2. The molecule has 0 spiro atoms. The summed E-state index contributed by atoms with van der Waals surface area (Å²) < 4.78 is 13.1. The summed E-state index contributed by atoms with van der Waals surface area (Å²) in [7, 11) is 1.63. The number of fused-ring (bicyclic) bond motifs is 1. The van der Waals surface area contributed by atoms with Gasteiger partial charge < -0.3 is 20.1 Å². The van der Waals surface area contributed by atoms with Crippen molar-refractivity contribution >= 4 is 5.91 Å². The smallest absolute Gasteiger partial charge is 0.272 e. The van der Waals surface area contributed by atoms with Crippen LogP contribution in [0, 0.1) is 0 Å². The molecule has 1 aliphatic rings. The normalized spacial score (nSPS) is 12.8. The summed E-state index contributed by atoms with van der Waals surface area (Å²) in [6, 6.07) is 17.4. The molecule has 0 atom stereocenters. The van der Waals surface area contributed by atoms with E-state index in [4.69, 9.17) is 9.47 Å². The van der Waals surface area contributed by atoms with Crippen LogP contribution < -0.4 is 20.1 Å². The molecule has 2 heterocycles. The van der Waals surface area contributed by atoms with Crippen LogP contribution in [0.1, 0.15) is 27.3 Å². The van der Waals surface area contributed by atoms with Crippen LogP contribution >= 0.6 is 0 Å². The Bertz CT molecular complexity index is 1000. The maximum absolute atomic E-state index is 12.9. The maximum atomic E-state index is 12.9. The van der Waals surface area contributed by atoms with Gasteiger partial charge in [-0.3, -0.25) is 9.48 Å². The Morgan fingerprint density at radius 3 is 2.80 bits per heavy atom. The third-order valence-electron chi connectivity index (χ3n) is 5.17. The first-order valence-corrected chi connectivity index (χ1v) is 10.1. The van der Waals surface area contributed by atoms with Crippen molar-refractivity contribution in [2.24, 2.45) is 0 Å². The minimum Gasteiger partial charge on any atom is -0.496 e. The second-order valence-corrected chi connectivity index (χ2v) is 7.08. The first-order valence-electron chi connectivity index (χ1n) is 10.1. The molecule has 1 amide bonds. The Hall–Kier alpha value is -3.32. The van der Waals surface area contributed by atoms with E-state index in [0.717, 1.165) is 41.3 Å². The van der Waals surface area contributed by atoms with Crippen molar-refractivity contribution in [1.82, 2.24) is 20.4 Å². The number of ether oxygens (including phenoxy) is 2. The molecule has 1 aromatic heterocycles. The van der Waals surface area contributed by atoms with E-state index in [-0.39, 0.29) is 5.91 Å². The number of carbonyl (C=O) groups is 1. The van der Waals surface area contributed by atoms with Gasteiger partial charge in [0, 0.05) is 42.9 Å². The fourth-order valence-corrected chi connectivity index (χ4v) is 3.66. The lowest BCUT2D eigenvalue weighted by Crippen LogP contribution is -2.28. The average molecular weight is 406 g/mol. The molecule has 0 saturated carbocycles. The summed E-state index contributed by atoms with van der Waals surface area (Å²) >= 11 is 0. The van der Waals surface area contributed by atoms with Crippen molar-refractivity contribution in [1.29, 1.82) is 0 Å². The third kappa shape index (κ3) is 4.46. The minimum atomic E-state index is -0.177. The Labute approximate surface area is 176 Å². The van der Waals surface area contributed by atoms with Crippen LogP contribution in [-0.2, 0) is 26.1 Å². The van der Waals surface area contributed by atoms with E-state index in [2.05, 4.69) is 15.7 Å². The van der Waals surface area contributed by atoms with Gasteiger partial charge in [0.05, 0.1) is 13.7 Å². The van der Waals surface area contributed by atoms with Crippen LogP contribution in [0.3, 0.4) is 0 Å². The molecule has 7 heteroatoms. The van der Waals surface area contributed by atoms with Crippen LogP contribution in [0.5, 0.6) is 11.5 Å². The molecule has 0 bridgehead atoms. The van der Waals surface area contributed by atoms with Crippen LogP contribution in [-0.4, -0.2) is 35.9 Å². The standard InChI is InChI=1S/C23H26N4O3/c1-29-21-10-6-5-7-17(21)15-25-23(28)22-19-16-24-12-11-20(19)27(26-22)13-14-30-18-8-3-2-4-9-18/h2-10,24H,11-16H2,1H3,(H,25,28). The summed E-state index contributed by atoms with van der Waals surface area (Å²) in [5.41, 5.74) is 3.48. The molecule has 0 saturated heterocycles. The average Bonchev–Trinajstić information content (AvgIpc) is 3.17. The van der Waals surface area contributed by atoms with Crippen molar-refractivity contribution in [2.45, 2.75) is 26.1 Å².